The Labute approximate surface area is 194 Å². The number of guanidine groups is 1. The number of piperidine rings is 1. The van der Waals surface area contributed by atoms with E-state index in [4.69, 9.17) is 9.47 Å². The Balaban J connectivity index is 1.50. The van der Waals surface area contributed by atoms with Crippen molar-refractivity contribution >= 4 is 11.6 Å². The van der Waals surface area contributed by atoms with Gasteiger partial charge in [-0.15, -0.1) is 0 Å². The van der Waals surface area contributed by atoms with Crippen LogP contribution in [0.1, 0.15) is 44.9 Å². The van der Waals surface area contributed by atoms with Crippen LogP contribution in [0.4, 0.5) is 5.69 Å². The van der Waals surface area contributed by atoms with E-state index in [9.17, 15) is 0 Å². The minimum Gasteiger partial charge on any atom is -0.497 e. The number of nitrogens with one attached hydrogen (secondary N) is 2. The van der Waals surface area contributed by atoms with Crippen LogP contribution in [0.5, 0.6) is 11.5 Å². The quantitative estimate of drug-likeness (QED) is 0.473. The predicted octanol–water partition coefficient (Wildman–Crippen LogP) is 3.35. The average Bonchev–Trinajstić information content (AvgIpc) is 2.83. The molecule has 3 rings (SSSR count). The molecule has 32 heavy (non-hydrogen) atoms. The van der Waals surface area contributed by atoms with Gasteiger partial charge in [-0.2, -0.15) is 0 Å². The fourth-order valence-electron chi connectivity index (χ4n) is 5.14. The highest BCUT2D eigenvalue weighted by Crippen LogP contribution is 2.30. The van der Waals surface area contributed by atoms with Gasteiger partial charge in [-0.25, -0.2) is 0 Å². The second kappa shape index (κ2) is 12.2. The minimum atomic E-state index is 0.428. The van der Waals surface area contributed by atoms with E-state index in [-0.39, 0.29) is 0 Å². The van der Waals surface area contributed by atoms with Gasteiger partial charge in [0, 0.05) is 62.7 Å². The molecule has 2 fully saturated rings. The van der Waals surface area contributed by atoms with Gasteiger partial charge in [-0.3, -0.25) is 4.99 Å². The third-order valence-electron chi connectivity index (χ3n) is 7.10. The number of hydrogen-bond acceptors (Lipinski definition) is 5. The van der Waals surface area contributed by atoms with Gasteiger partial charge in [-0.05, 0) is 45.7 Å². The molecule has 7 nitrogen and oxygen atoms in total. The summed E-state index contributed by atoms with van der Waals surface area (Å²) in [6, 6.07) is 7.07. The Kier molecular flexibility index (Phi) is 9.33. The Morgan fingerprint density at radius 1 is 1.03 bits per heavy atom. The Morgan fingerprint density at radius 3 is 2.19 bits per heavy atom. The van der Waals surface area contributed by atoms with E-state index >= 15 is 0 Å². The number of aliphatic imine (C=N–C) groups is 1. The lowest BCUT2D eigenvalue weighted by Crippen LogP contribution is -2.52. The SMILES string of the molecule is CN=C(NCC(C1CCCCC1)N(C)C)NC1CCN(c2cc(OC)cc(OC)c2)CC1. The lowest BCUT2D eigenvalue weighted by atomic mass is 9.83. The number of likely N-dealkylation sites (N-methyl/N-ethyl adjacent to an activating group) is 1. The number of methoxy groups -OCH3 is 2. The molecule has 1 saturated heterocycles. The summed E-state index contributed by atoms with van der Waals surface area (Å²) in [5.74, 6) is 3.37. The molecule has 0 amide bonds. The van der Waals surface area contributed by atoms with E-state index in [1.54, 1.807) is 14.2 Å². The van der Waals surface area contributed by atoms with Crippen LogP contribution < -0.4 is 25.0 Å². The van der Waals surface area contributed by atoms with Gasteiger partial charge in [0.25, 0.3) is 0 Å². The molecule has 2 N–H and O–H groups in total. The van der Waals surface area contributed by atoms with Crippen LogP contribution in [0.3, 0.4) is 0 Å². The first-order valence-corrected chi connectivity index (χ1v) is 12.2. The van der Waals surface area contributed by atoms with Crippen molar-refractivity contribution in [2.75, 3.05) is 59.9 Å². The zero-order chi connectivity index (χ0) is 22.9. The second-order valence-electron chi connectivity index (χ2n) is 9.36. The minimum absolute atomic E-state index is 0.428. The maximum atomic E-state index is 5.44. The van der Waals surface area contributed by atoms with E-state index in [1.807, 2.05) is 13.1 Å². The van der Waals surface area contributed by atoms with Crippen LogP contribution in [-0.2, 0) is 0 Å². The van der Waals surface area contributed by atoms with E-state index in [1.165, 1.54) is 32.1 Å². The monoisotopic (exact) mass is 445 g/mol. The maximum absolute atomic E-state index is 5.44. The van der Waals surface area contributed by atoms with Crippen LogP contribution in [0.15, 0.2) is 23.2 Å². The summed E-state index contributed by atoms with van der Waals surface area (Å²) in [5, 5.41) is 7.28. The molecule has 1 unspecified atom stereocenters. The molecule has 1 aliphatic carbocycles. The van der Waals surface area contributed by atoms with E-state index in [0.717, 1.165) is 61.5 Å². The molecule has 0 spiro atoms. The van der Waals surface area contributed by atoms with E-state index in [0.29, 0.717) is 12.1 Å². The first kappa shape index (κ1) is 24.5. The highest BCUT2D eigenvalue weighted by atomic mass is 16.5. The maximum Gasteiger partial charge on any atom is 0.191 e. The molecule has 0 aromatic heterocycles. The summed E-state index contributed by atoms with van der Waals surface area (Å²) < 4.78 is 10.9. The van der Waals surface area contributed by atoms with Crippen LogP contribution >= 0.6 is 0 Å². The summed E-state index contributed by atoms with van der Waals surface area (Å²) >= 11 is 0. The highest BCUT2D eigenvalue weighted by Gasteiger charge is 2.26. The Hall–Kier alpha value is -2.15. The topological polar surface area (TPSA) is 61.4 Å². The molecule has 1 saturated carbocycles. The Bertz CT molecular complexity index is 703. The van der Waals surface area contributed by atoms with Crippen molar-refractivity contribution in [1.29, 1.82) is 0 Å². The smallest absolute Gasteiger partial charge is 0.191 e. The summed E-state index contributed by atoms with van der Waals surface area (Å²) in [6.07, 6.45) is 8.99. The second-order valence-corrected chi connectivity index (χ2v) is 9.36. The first-order chi connectivity index (χ1) is 15.5. The van der Waals surface area contributed by atoms with Crippen LogP contribution in [0.25, 0.3) is 0 Å². The van der Waals surface area contributed by atoms with Crippen molar-refractivity contribution in [1.82, 2.24) is 15.5 Å². The van der Waals surface area contributed by atoms with Gasteiger partial charge in [0.2, 0.25) is 0 Å². The lowest BCUT2D eigenvalue weighted by molar-refractivity contribution is 0.171. The van der Waals surface area contributed by atoms with Gasteiger partial charge >= 0.3 is 0 Å². The molecule has 1 atom stereocenters. The number of nitrogens with zero attached hydrogens (tertiary/aromatic N) is 3. The molecule has 1 aromatic rings. The van der Waals surface area contributed by atoms with Crippen molar-refractivity contribution in [2.45, 2.75) is 57.0 Å². The van der Waals surface area contributed by atoms with E-state index < -0.39 is 0 Å². The fraction of sp³-hybridized carbons (Fsp3) is 0.720. The number of anilines is 1. The van der Waals surface area contributed by atoms with Gasteiger partial charge in [0.05, 0.1) is 14.2 Å². The van der Waals surface area contributed by atoms with Crippen molar-refractivity contribution in [3.8, 4) is 11.5 Å². The van der Waals surface area contributed by atoms with Gasteiger partial charge in [0.15, 0.2) is 5.96 Å². The first-order valence-electron chi connectivity index (χ1n) is 12.2. The third-order valence-corrected chi connectivity index (χ3v) is 7.10. The fourth-order valence-corrected chi connectivity index (χ4v) is 5.14. The molecular weight excluding hydrogens is 402 g/mol. The third kappa shape index (κ3) is 6.67. The van der Waals surface area contributed by atoms with Crippen molar-refractivity contribution in [2.24, 2.45) is 10.9 Å². The van der Waals surface area contributed by atoms with Crippen molar-refractivity contribution in [3.05, 3.63) is 18.2 Å². The number of ether oxygens (including phenoxy) is 2. The van der Waals surface area contributed by atoms with Crippen molar-refractivity contribution < 1.29 is 9.47 Å². The van der Waals surface area contributed by atoms with Gasteiger partial charge in [-0.1, -0.05) is 19.3 Å². The normalized spacial score (nSPS) is 19.7. The number of hydrogen-bond donors (Lipinski definition) is 2. The van der Waals surface area contributed by atoms with Crippen molar-refractivity contribution in [3.63, 3.8) is 0 Å². The molecule has 1 aliphatic heterocycles. The molecule has 0 bridgehead atoms. The Morgan fingerprint density at radius 2 is 1.66 bits per heavy atom. The molecule has 2 aliphatic rings. The molecule has 7 heteroatoms. The zero-order valence-corrected chi connectivity index (χ0v) is 20.7. The lowest BCUT2D eigenvalue weighted by Gasteiger charge is -2.36. The van der Waals surface area contributed by atoms with Crippen LogP contribution in [-0.4, -0.2) is 77.9 Å². The number of benzene rings is 1. The number of rotatable bonds is 8. The summed E-state index contributed by atoms with van der Waals surface area (Å²) in [6.45, 7) is 2.93. The zero-order valence-electron chi connectivity index (χ0n) is 20.7. The molecule has 0 radical (unpaired) electrons. The predicted molar refractivity (Wildman–Crippen MR) is 133 cm³/mol. The van der Waals surface area contributed by atoms with Crippen LogP contribution in [0.2, 0.25) is 0 Å². The summed E-state index contributed by atoms with van der Waals surface area (Å²) in [4.78, 5) is 9.30. The standard InChI is InChI=1S/C25H43N5O2/c1-26-25(27-18-24(29(2)3)19-9-7-6-8-10-19)28-20-11-13-30(14-12-20)21-15-22(31-4)17-23(16-21)32-5/h15-17,19-20,24H,6-14,18H2,1-5H3,(H2,26,27,28). The highest BCUT2D eigenvalue weighted by molar-refractivity contribution is 5.80. The average molecular weight is 446 g/mol. The van der Waals surface area contributed by atoms with Gasteiger partial charge in [0.1, 0.15) is 11.5 Å². The molecule has 180 valence electrons. The van der Waals surface area contributed by atoms with Gasteiger partial charge < -0.3 is 29.9 Å². The molecular formula is C25H43N5O2. The molecule has 1 heterocycles. The molecule has 1 aromatic carbocycles. The largest absolute Gasteiger partial charge is 0.497 e. The van der Waals surface area contributed by atoms with Crippen LogP contribution in [0, 0.1) is 5.92 Å². The summed E-state index contributed by atoms with van der Waals surface area (Å²) in [5.41, 5.74) is 1.16. The van der Waals surface area contributed by atoms with E-state index in [2.05, 4.69) is 51.7 Å². The summed E-state index contributed by atoms with van der Waals surface area (Å²) in [7, 11) is 9.68.